The summed E-state index contributed by atoms with van der Waals surface area (Å²) in [6, 6.07) is 3.39. The van der Waals surface area contributed by atoms with Gasteiger partial charge in [0.25, 0.3) is 0 Å². The van der Waals surface area contributed by atoms with Gasteiger partial charge in [-0.05, 0) is 25.5 Å². The number of phenolic OH excluding ortho intramolecular Hbond substituents is 1. The van der Waals surface area contributed by atoms with Crippen molar-refractivity contribution < 1.29 is 5.11 Å². The zero-order valence-electron chi connectivity index (χ0n) is 7.05. The highest BCUT2D eigenvalue weighted by atomic mass is 16.3. The number of aromatic amines is 1. The van der Waals surface area contributed by atoms with Crippen LogP contribution in [0.1, 0.15) is 11.4 Å². The second-order valence-corrected chi connectivity index (χ2v) is 2.98. The van der Waals surface area contributed by atoms with Gasteiger partial charge in [0.05, 0.1) is 11.0 Å². The van der Waals surface area contributed by atoms with E-state index in [2.05, 4.69) is 9.97 Å². The van der Waals surface area contributed by atoms with Crippen LogP contribution in [0.3, 0.4) is 0 Å². The van der Waals surface area contributed by atoms with Gasteiger partial charge in [-0.1, -0.05) is 0 Å². The molecule has 1 aromatic heterocycles. The van der Waals surface area contributed by atoms with Crippen molar-refractivity contribution in [2.24, 2.45) is 0 Å². The van der Waals surface area contributed by atoms with Crippen LogP contribution in [0.15, 0.2) is 12.1 Å². The van der Waals surface area contributed by atoms with Crippen molar-refractivity contribution in [1.82, 2.24) is 9.97 Å². The van der Waals surface area contributed by atoms with Crippen molar-refractivity contribution >= 4 is 11.0 Å². The maximum atomic E-state index is 9.27. The number of phenols is 1. The van der Waals surface area contributed by atoms with E-state index in [-0.39, 0.29) is 5.75 Å². The van der Waals surface area contributed by atoms with E-state index in [4.69, 9.17) is 0 Å². The first-order valence-electron chi connectivity index (χ1n) is 3.83. The van der Waals surface area contributed by atoms with Gasteiger partial charge in [0, 0.05) is 6.07 Å². The number of hydrogen-bond acceptors (Lipinski definition) is 2. The standard InChI is InChI=1S/C9H10N2O/c1-5-3-7(12)4-8-9(5)11-6(2)10-8/h3-4,12H,1-2H3,(H,10,11). The van der Waals surface area contributed by atoms with Crippen LogP contribution in [0.5, 0.6) is 5.75 Å². The van der Waals surface area contributed by atoms with Crippen LogP contribution in [0, 0.1) is 13.8 Å². The zero-order chi connectivity index (χ0) is 8.72. The average Bonchev–Trinajstić information content (AvgIpc) is 2.29. The Balaban J connectivity index is 2.88. The van der Waals surface area contributed by atoms with Crippen molar-refractivity contribution in [2.45, 2.75) is 13.8 Å². The van der Waals surface area contributed by atoms with Crippen LogP contribution >= 0.6 is 0 Å². The summed E-state index contributed by atoms with van der Waals surface area (Å²) in [6.45, 7) is 3.83. The molecule has 1 heterocycles. The van der Waals surface area contributed by atoms with Gasteiger partial charge in [0.15, 0.2) is 0 Å². The molecule has 0 aliphatic carbocycles. The van der Waals surface area contributed by atoms with Gasteiger partial charge in [0.2, 0.25) is 0 Å². The molecule has 0 saturated carbocycles. The zero-order valence-corrected chi connectivity index (χ0v) is 7.05. The molecule has 1 aromatic carbocycles. The van der Waals surface area contributed by atoms with E-state index in [9.17, 15) is 5.11 Å². The maximum Gasteiger partial charge on any atom is 0.118 e. The molecule has 2 aromatic rings. The van der Waals surface area contributed by atoms with Crippen LogP contribution in [-0.2, 0) is 0 Å². The number of nitrogens with zero attached hydrogens (tertiary/aromatic N) is 1. The van der Waals surface area contributed by atoms with Gasteiger partial charge in [-0.15, -0.1) is 0 Å². The van der Waals surface area contributed by atoms with E-state index in [1.807, 2.05) is 13.8 Å². The lowest BCUT2D eigenvalue weighted by Gasteiger charge is -1.95. The molecule has 0 saturated heterocycles. The molecule has 3 nitrogen and oxygen atoms in total. The number of imidazole rings is 1. The van der Waals surface area contributed by atoms with E-state index in [1.165, 1.54) is 0 Å². The summed E-state index contributed by atoms with van der Waals surface area (Å²) in [6.07, 6.45) is 0. The molecule has 3 heteroatoms. The first kappa shape index (κ1) is 7.16. The number of aryl methyl sites for hydroxylation is 2. The second kappa shape index (κ2) is 2.24. The summed E-state index contributed by atoms with van der Waals surface area (Å²) in [7, 11) is 0. The normalized spacial score (nSPS) is 10.8. The van der Waals surface area contributed by atoms with Gasteiger partial charge in [-0.2, -0.15) is 0 Å². The van der Waals surface area contributed by atoms with E-state index in [1.54, 1.807) is 12.1 Å². The first-order chi connectivity index (χ1) is 5.66. The summed E-state index contributed by atoms with van der Waals surface area (Å²) in [5.74, 6) is 1.15. The summed E-state index contributed by atoms with van der Waals surface area (Å²) in [5, 5.41) is 9.27. The fourth-order valence-corrected chi connectivity index (χ4v) is 1.39. The van der Waals surface area contributed by atoms with Gasteiger partial charge in [-0.25, -0.2) is 4.98 Å². The highest BCUT2D eigenvalue weighted by Gasteiger charge is 2.03. The number of aromatic hydroxyl groups is 1. The number of rotatable bonds is 0. The van der Waals surface area contributed by atoms with E-state index in [0.29, 0.717) is 0 Å². The smallest absolute Gasteiger partial charge is 0.118 e. The largest absolute Gasteiger partial charge is 0.508 e. The van der Waals surface area contributed by atoms with Crippen LogP contribution in [-0.4, -0.2) is 15.1 Å². The maximum absolute atomic E-state index is 9.27. The molecule has 2 N–H and O–H groups in total. The van der Waals surface area contributed by atoms with Gasteiger partial charge in [0.1, 0.15) is 11.6 Å². The van der Waals surface area contributed by atoms with Crippen LogP contribution in [0.25, 0.3) is 11.0 Å². The summed E-state index contributed by atoms with van der Waals surface area (Å²) in [5.41, 5.74) is 2.82. The Morgan fingerprint density at radius 2 is 2.08 bits per heavy atom. The molecular formula is C9H10N2O. The molecule has 0 aliphatic rings. The Hall–Kier alpha value is -1.51. The molecule has 0 radical (unpaired) electrons. The Bertz CT molecular complexity index is 431. The number of H-pyrrole nitrogens is 1. The number of benzene rings is 1. The highest BCUT2D eigenvalue weighted by molar-refractivity contribution is 5.80. The quantitative estimate of drug-likeness (QED) is 0.621. The second-order valence-electron chi connectivity index (χ2n) is 2.98. The molecule has 0 bridgehead atoms. The molecule has 0 aliphatic heterocycles. The average molecular weight is 162 g/mol. The minimum Gasteiger partial charge on any atom is -0.508 e. The Morgan fingerprint density at radius 1 is 1.33 bits per heavy atom. The molecule has 0 atom stereocenters. The summed E-state index contributed by atoms with van der Waals surface area (Å²) >= 11 is 0. The van der Waals surface area contributed by atoms with Gasteiger partial charge < -0.3 is 10.1 Å². The molecule has 12 heavy (non-hydrogen) atoms. The predicted octanol–water partition coefficient (Wildman–Crippen LogP) is 1.89. The third-order valence-electron chi connectivity index (χ3n) is 1.88. The Kier molecular flexibility index (Phi) is 1.33. The lowest BCUT2D eigenvalue weighted by Crippen LogP contribution is -1.76. The van der Waals surface area contributed by atoms with Gasteiger partial charge >= 0.3 is 0 Å². The van der Waals surface area contributed by atoms with Gasteiger partial charge in [-0.3, -0.25) is 0 Å². The molecule has 0 spiro atoms. The molecule has 0 amide bonds. The third-order valence-corrected chi connectivity index (χ3v) is 1.88. The molecule has 62 valence electrons. The first-order valence-corrected chi connectivity index (χ1v) is 3.83. The number of nitrogens with one attached hydrogen (secondary N) is 1. The molecule has 2 rings (SSSR count). The predicted molar refractivity (Wildman–Crippen MR) is 47.2 cm³/mol. The number of fused-ring (bicyclic) bond motifs is 1. The van der Waals surface area contributed by atoms with Crippen LogP contribution in [0.4, 0.5) is 0 Å². The van der Waals surface area contributed by atoms with Crippen LogP contribution < -0.4 is 0 Å². The number of hydrogen-bond donors (Lipinski definition) is 2. The summed E-state index contributed by atoms with van der Waals surface area (Å²) < 4.78 is 0. The van der Waals surface area contributed by atoms with E-state index in [0.717, 1.165) is 22.4 Å². The monoisotopic (exact) mass is 162 g/mol. The highest BCUT2D eigenvalue weighted by Crippen LogP contribution is 2.21. The fraction of sp³-hybridized carbons (Fsp3) is 0.222. The Labute approximate surface area is 70.1 Å². The third kappa shape index (κ3) is 0.942. The topological polar surface area (TPSA) is 48.9 Å². The molecule has 0 fully saturated rings. The minimum atomic E-state index is 0.281. The summed E-state index contributed by atoms with van der Waals surface area (Å²) in [4.78, 5) is 7.36. The van der Waals surface area contributed by atoms with Crippen molar-refractivity contribution in [2.75, 3.05) is 0 Å². The van der Waals surface area contributed by atoms with Crippen molar-refractivity contribution in [3.63, 3.8) is 0 Å². The van der Waals surface area contributed by atoms with Crippen molar-refractivity contribution in [3.8, 4) is 5.75 Å². The number of aromatic nitrogens is 2. The van der Waals surface area contributed by atoms with Crippen molar-refractivity contribution in [1.29, 1.82) is 0 Å². The lowest BCUT2D eigenvalue weighted by molar-refractivity contribution is 0.475. The van der Waals surface area contributed by atoms with Crippen molar-refractivity contribution in [3.05, 3.63) is 23.5 Å². The minimum absolute atomic E-state index is 0.281. The molecule has 0 unspecified atom stereocenters. The van der Waals surface area contributed by atoms with E-state index < -0.39 is 0 Å². The van der Waals surface area contributed by atoms with Crippen LogP contribution in [0.2, 0.25) is 0 Å². The lowest BCUT2D eigenvalue weighted by atomic mass is 10.2. The van der Waals surface area contributed by atoms with E-state index >= 15 is 0 Å². The SMILES string of the molecule is Cc1nc2c(C)cc(O)cc2[nH]1. The fourth-order valence-electron chi connectivity index (χ4n) is 1.39. The Morgan fingerprint density at radius 3 is 2.83 bits per heavy atom. The molecular weight excluding hydrogens is 152 g/mol.